The fourth-order valence-corrected chi connectivity index (χ4v) is 6.38. The van der Waals surface area contributed by atoms with Crippen molar-refractivity contribution >= 4 is 21.9 Å². The van der Waals surface area contributed by atoms with Gasteiger partial charge in [0.25, 0.3) is 0 Å². The van der Waals surface area contributed by atoms with Crippen molar-refractivity contribution in [2.45, 2.75) is 0 Å². The summed E-state index contributed by atoms with van der Waals surface area (Å²) in [5.41, 5.74) is 10.7. The summed E-state index contributed by atoms with van der Waals surface area (Å²) >= 11 is 0. The number of para-hydroxylation sites is 1. The number of fused-ring (bicyclic) bond motifs is 3. The summed E-state index contributed by atoms with van der Waals surface area (Å²) in [6.45, 7) is 0. The van der Waals surface area contributed by atoms with Crippen LogP contribution in [0.4, 0.5) is 0 Å². The molecule has 9 aromatic rings. The molecule has 49 heavy (non-hydrogen) atoms. The van der Waals surface area contributed by atoms with Gasteiger partial charge in [-0.1, -0.05) is 158 Å². The Balaban J connectivity index is 1.18. The zero-order chi connectivity index (χ0) is 32.6. The molecule has 0 aliphatic carbocycles. The molecule has 9 rings (SSSR count). The number of furan rings is 1. The summed E-state index contributed by atoms with van der Waals surface area (Å²) in [5, 5.41) is 1.83. The standard InChI is InChI=1S/C44H28N4O/c1-4-11-29(12-5-1)31-19-23-33(24-20-31)36-17-10-18-37-39-38(49-41(36)37)27-28-45-40(39)44-47-42(34-15-8-3-9-16-34)46-43(48-44)35-25-21-32(22-26-35)30-13-6-2-7-14-30/h1-28H. The maximum atomic E-state index is 6.59. The molecule has 0 saturated carbocycles. The average molecular weight is 629 g/mol. The van der Waals surface area contributed by atoms with Crippen molar-refractivity contribution in [3.63, 3.8) is 0 Å². The van der Waals surface area contributed by atoms with Gasteiger partial charge in [-0.05, 0) is 33.9 Å². The Morgan fingerprint density at radius 3 is 1.43 bits per heavy atom. The number of rotatable bonds is 6. The molecule has 3 aromatic heterocycles. The van der Waals surface area contributed by atoms with Gasteiger partial charge in [0.05, 0.1) is 5.39 Å². The quantitative estimate of drug-likeness (QED) is 0.183. The summed E-state index contributed by atoms with van der Waals surface area (Å²) in [5.74, 6) is 1.65. The number of aromatic nitrogens is 4. The molecule has 0 amide bonds. The topological polar surface area (TPSA) is 64.7 Å². The van der Waals surface area contributed by atoms with Crippen molar-refractivity contribution in [2.24, 2.45) is 0 Å². The van der Waals surface area contributed by atoms with Crippen molar-refractivity contribution < 1.29 is 4.42 Å². The van der Waals surface area contributed by atoms with Crippen molar-refractivity contribution in [1.82, 2.24) is 19.9 Å². The molecule has 0 fully saturated rings. The lowest BCUT2D eigenvalue weighted by Gasteiger charge is -2.09. The van der Waals surface area contributed by atoms with Gasteiger partial charge in [-0.2, -0.15) is 0 Å². The first-order chi connectivity index (χ1) is 24.3. The SMILES string of the molecule is c1ccc(-c2ccc(-c3nc(-c4ccccc4)nc(-c4nccc5oc6c(-c7ccc(-c8ccccc8)cc7)cccc6c45)n3)cc2)cc1. The Morgan fingerprint density at radius 1 is 0.367 bits per heavy atom. The molecule has 5 nitrogen and oxygen atoms in total. The van der Waals surface area contributed by atoms with Crippen LogP contribution >= 0.6 is 0 Å². The smallest absolute Gasteiger partial charge is 0.183 e. The molecular weight excluding hydrogens is 601 g/mol. The van der Waals surface area contributed by atoms with E-state index in [1.165, 1.54) is 11.1 Å². The molecular formula is C44H28N4O. The van der Waals surface area contributed by atoms with Gasteiger partial charge in [-0.15, -0.1) is 0 Å². The minimum absolute atomic E-state index is 0.488. The van der Waals surface area contributed by atoms with E-state index in [-0.39, 0.29) is 0 Å². The van der Waals surface area contributed by atoms with Crippen LogP contribution in [-0.4, -0.2) is 19.9 Å². The highest BCUT2D eigenvalue weighted by molar-refractivity contribution is 6.14. The molecule has 0 spiro atoms. The molecule has 0 bridgehead atoms. The first-order valence-corrected chi connectivity index (χ1v) is 16.2. The number of hydrogen-bond donors (Lipinski definition) is 0. The normalized spacial score (nSPS) is 11.3. The molecule has 0 radical (unpaired) electrons. The van der Waals surface area contributed by atoms with Gasteiger partial charge in [0.1, 0.15) is 16.9 Å². The zero-order valence-electron chi connectivity index (χ0n) is 26.4. The van der Waals surface area contributed by atoms with Crippen molar-refractivity contribution in [1.29, 1.82) is 0 Å². The maximum absolute atomic E-state index is 6.59. The number of pyridine rings is 1. The molecule has 230 valence electrons. The molecule has 5 heteroatoms. The van der Waals surface area contributed by atoms with E-state index >= 15 is 0 Å². The third-order valence-electron chi connectivity index (χ3n) is 8.84. The van der Waals surface area contributed by atoms with Crippen LogP contribution in [0.15, 0.2) is 174 Å². The second kappa shape index (κ2) is 12.1. The van der Waals surface area contributed by atoms with E-state index in [0.29, 0.717) is 23.2 Å². The summed E-state index contributed by atoms with van der Waals surface area (Å²) in [6, 6.07) is 55.8. The van der Waals surface area contributed by atoms with Gasteiger partial charge in [0.15, 0.2) is 17.5 Å². The fraction of sp³-hybridized carbons (Fsp3) is 0. The van der Waals surface area contributed by atoms with E-state index < -0.39 is 0 Å². The second-order valence-electron chi connectivity index (χ2n) is 11.9. The van der Waals surface area contributed by atoms with Gasteiger partial charge < -0.3 is 4.42 Å². The van der Waals surface area contributed by atoms with Crippen molar-refractivity contribution in [3.8, 4) is 67.7 Å². The summed E-state index contributed by atoms with van der Waals surface area (Å²) < 4.78 is 6.59. The van der Waals surface area contributed by atoms with Crippen LogP contribution in [0, 0.1) is 0 Å². The monoisotopic (exact) mass is 628 g/mol. The average Bonchev–Trinajstić information content (AvgIpc) is 3.58. The number of hydrogen-bond acceptors (Lipinski definition) is 5. The van der Waals surface area contributed by atoms with Crippen molar-refractivity contribution in [2.75, 3.05) is 0 Å². The van der Waals surface area contributed by atoms with Crippen LogP contribution in [0.5, 0.6) is 0 Å². The summed E-state index contributed by atoms with van der Waals surface area (Å²) in [7, 11) is 0. The summed E-state index contributed by atoms with van der Waals surface area (Å²) in [4.78, 5) is 19.8. The molecule has 0 aliphatic rings. The van der Waals surface area contributed by atoms with Gasteiger partial charge in [0.2, 0.25) is 0 Å². The van der Waals surface area contributed by atoms with Crippen LogP contribution in [0.3, 0.4) is 0 Å². The van der Waals surface area contributed by atoms with Gasteiger partial charge in [-0.25, -0.2) is 15.0 Å². The third kappa shape index (κ3) is 5.33. The molecule has 0 atom stereocenters. The second-order valence-corrected chi connectivity index (χ2v) is 11.9. The van der Waals surface area contributed by atoms with Gasteiger partial charge in [-0.3, -0.25) is 4.98 Å². The lowest BCUT2D eigenvalue weighted by molar-refractivity contribution is 0.669. The fourth-order valence-electron chi connectivity index (χ4n) is 6.38. The van der Waals surface area contributed by atoms with E-state index in [1.807, 2.05) is 60.7 Å². The van der Waals surface area contributed by atoms with Crippen LogP contribution in [0.1, 0.15) is 0 Å². The first kappa shape index (κ1) is 28.5. The van der Waals surface area contributed by atoms with Crippen LogP contribution in [0.2, 0.25) is 0 Å². The highest BCUT2D eigenvalue weighted by atomic mass is 16.3. The summed E-state index contributed by atoms with van der Waals surface area (Å²) in [6.07, 6.45) is 1.76. The highest BCUT2D eigenvalue weighted by Gasteiger charge is 2.20. The molecule has 0 unspecified atom stereocenters. The van der Waals surface area contributed by atoms with Gasteiger partial charge in [0, 0.05) is 28.3 Å². The predicted octanol–water partition coefficient (Wildman–Crippen LogP) is 11.2. The molecule has 6 aromatic carbocycles. The van der Waals surface area contributed by atoms with Crippen LogP contribution in [0.25, 0.3) is 89.6 Å². The minimum Gasteiger partial charge on any atom is -0.455 e. The maximum Gasteiger partial charge on any atom is 0.183 e. The zero-order valence-corrected chi connectivity index (χ0v) is 26.4. The Kier molecular flexibility index (Phi) is 7.06. The molecule has 0 N–H and O–H groups in total. The predicted molar refractivity (Wildman–Crippen MR) is 198 cm³/mol. The minimum atomic E-state index is 0.488. The molecule has 0 saturated heterocycles. The molecule has 0 aliphatic heterocycles. The lowest BCUT2D eigenvalue weighted by atomic mass is 9.98. The van der Waals surface area contributed by atoms with E-state index in [2.05, 4.69) is 103 Å². The van der Waals surface area contributed by atoms with E-state index in [0.717, 1.165) is 55.3 Å². The van der Waals surface area contributed by atoms with E-state index in [4.69, 9.17) is 24.4 Å². The Labute approximate surface area is 283 Å². The van der Waals surface area contributed by atoms with E-state index in [1.54, 1.807) is 6.20 Å². The number of benzene rings is 6. The number of nitrogens with zero attached hydrogens (tertiary/aromatic N) is 4. The lowest BCUT2D eigenvalue weighted by Crippen LogP contribution is -2.01. The van der Waals surface area contributed by atoms with E-state index in [9.17, 15) is 0 Å². The molecule has 3 heterocycles. The highest BCUT2D eigenvalue weighted by Crippen LogP contribution is 2.40. The first-order valence-electron chi connectivity index (χ1n) is 16.2. The van der Waals surface area contributed by atoms with Gasteiger partial charge >= 0.3 is 0 Å². The largest absolute Gasteiger partial charge is 0.455 e. The Morgan fingerprint density at radius 2 is 0.837 bits per heavy atom. The van der Waals surface area contributed by atoms with Crippen LogP contribution < -0.4 is 0 Å². The Hall–Kier alpha value is -6.72. The Bertz CT molecular complexity index is 2560. The van der Waals surface area contributed by atoms with Crippen molar-refractivity contribution in [3.05, 3.63) is 170 Å². The third-order valence-corrected chi connectivity index (χ3v) is 8.84. The van der Waals surface area contributed by atoms with Crippen LogP contribution in [-0.2, 0) is 0 Å².